The lowest BCUT2D eigenvalue weighted by Gasteiger charge is -2.12. The first-order chi connectivity index (χ1) is 14.7. The van der Waals surface area contributed by atoms with Crippen LogP contribution in [0.1, 0.15) is 52.4 Å². The number of hydrogen-bond acceptors (Lipinski definition) is 9. The quantitative estimate of drug-likeness (QED) is 0.0962. The van der Waals surface area contributed by atoms with Gasteiger partial charge in [-0.25, -0.2) is 0 Å². The Hall–Kier alpha value is -2.24. The molecule has 0 radical (unpaired) electrons. The standard InChI is InChI=1S/C20H40N6O5/c1-15(21)25-9-5-3-7-17(23)19(27)30-13-11-29-12-14-31-20(28)18(24)8-4-6-10-26-16(2)22/h17-18H,3-14,23-24H2,1-2H3,(H2,21,25)(H2,22,26). The Labute approximate surface area is 184 Å². The molecule has 0 aromatic rings. The molecule has 31 heavy (non-hydrogen) atoms. The Morgan fingerprint density at radius 2 is 1.10 bits per heavy atom. The van der Waals surface area contributed by atoms with Crippen molar-refractivity contribution in [3.8, 4) is 0 Å². The van der Waals surface area contributed by atoms with Crippen LogP contribution in [0.25, 0.3) is 0 Å². The third-order valence-corrected chi connectivity index (χ3v) is 4.12. The van der Waals surface area contributed by atoms with E-state index in [1.54, 1.807) is 13.8 Å². The molecule has 0 aliphatic heterocycles. The second kappa shape index (κ2) is 18.5. The summed E-state index contributed by atoms with van der Waals surface area (Å²) in [6.45, 7) is 5.25. The van der Waals surface area contributed by atoms with Crippen LogP contribution in [-0.4, -0.2) is 75.2 Å². The molecule has 0 saturated carbocycles. The highest BCUT2D eigenvalue weighted by atomic mass is 16.6. The van der Waals surface area contributed by atoms with E-state index in [-0.39, 0.29) is 26.4 Å². The van der Waals surface area contributed by atoms with Gasteiger partial charge in [0, 0.05) is 13.1 Å². The molecule has 0 saturated heterocycles. The molecule has 2 atom stereocenters. The molecule has 11 nitrogen and oxygen atoms in total. The van der Waals surface area contributed by atoms with Crippen LogP contribution < -0.4 is 22.9 Å². The minimum atomic E-state index is -0.670. The molecule has 0 aromatic heterocycles. The van der Waals surface area contributed by atoms with Crippen molar-refractivity contribution in [1.82, 2.24) is 0 Å². The van der Waals surface area contributed by atoms with Gasteiger partial charge in [0.05, 0.1) is 24.9 Å². The predicted molar refractivity (Wildman–Crippen MR) is 121 cm³/mol. The molecule has 8 N–H and O–H groups in total. The van der Waals surface area contributed by atoms with E-state index in [0.717, 1.165) is 25.7 Å². The summed E-state index contributed by atoms with van der Waals surface area (Å²) in [6.07, 6.45) is 4.19. The fraction of sp³-hybridized carbons (Fsp3) is 0.800. The Kier molecular flexibility index (Phi) is 17.2. The third kappa shape index (κ3) is 18.3. The average Bonchev–Trinajstić information content (AvgIpc) is 2.71. The molecule has 0 fully saturated rings. The van der Waals surface area contributed by atoms with E-state index in [2.05, 4.69) is 9.98 Å². The Bertz CT molecular complexity index is 514. The Balaban J connectivity index is 3.64. The summed E-state index contributed by atoms with van der Waals surface area (Å²) >= 11 is 0. The molecule has 0 rings (SSSR count). The topological polar surface area (TPSA) is 191 Å². The van der Waals surface area contributed by atoms with Gasteiger partial charge in [0.2, 0.25) is 0 Å². The summed E-state index contributed by atoms with van der Waals surface area (Å²) in [5.41, 5.74) is 22.5. The first-order valence-electron chi connectivity index (χ1n) is 10.7. The third-order valence-electron chi connectivity index (χ3n) is 4.12. The number of nitrogens with zero attached hydrogens (tertiary/aromatic N) is 2. The molecule has 0 aliphatic carbocycles. The lowest BCUT2D eigenvalue weighted by Crippen LogP contribution is -2.33. The molecule has 0 bridgehead atoms. The second-order valence-electron chi connectivity index (χ2n) is 7.20. The van der Waals surface area contributed by atoms with Crippen molar-refractivity contribution in [2.24, 2.45) is 32.9 Å². The molecule has 0 aliphatic rings. The molecule has 0 amide bonds. The second-order valence-corrected chi connectivity index (χ2v) is 7.20. The van der Waals surface area contributed by atoms with E-state index in [0.29, 0.717) is 37.6 Å². The summed E-state index contributed by atoms with van der Waals surface area (Å²) in [6, 6.07) is -1.34. The number of esters is 2. The lowest BCUT2D eigenvalue weighted by atomic mass is 10.1. The number of carbonyl (C=O) groups excluding carboxylic acids is 2. The molecule has 0 heterocycles. The number of carbonyl (C=O) groups is 2. The zero-order valence-corrected chi connectivity index (χ0v) is 18.9. The highest BCUT2D eigenvalue weighted by Crippen LogP contribution is 2.02. The molecule has 2 unspecified atom stereocenters. The summed E-state index contributed by atoms with van der Waals surface area (Å²) in [7, 11) is 0. The van der Waals surface area contributed by atoms with Crippen LogP contribution in [0.4, 0.5) is 0 Å². The first-order valence-corrected chi connectivity index (χ1v) is 10.7. The monoisotopic (exact) mass is 444 g/mol. The summed E-state index contributed by atoms with van der Waals surface area (Å²) in [4.78, 5) is 31.7. The van der Waals surface area contributed by atoms with Crippen LogP contribution in [0, 0.1) is 0 Å². The Morgan fingerprint density at radius 3 is 1.45 bits per heavy atom. The normalized spacial score (nSPS) is 14.2. The van der Waals surface area contributed by atoms with Gasteiger partial charge in [-0.15, -0.1) is 0 Å². The number of nitrogens with two attached hydrogens (primary N) is 4. The number of aliphatic imine (C=N–C) groups is 2. The number of amidine groups is 2. The van der Waals surface area contributed by atoms with Crippen molar-refractivity contribution in [1.29, 1.82) is 0 Å². The molecule has 180 valence electrons. The van der Waals surface area contributed by atoms with Gasteiger partial charge in [-0.05, 0) is 52.4 Å². The van der Waals surface area contributed by atoms with Crippen molar-refractivity contribution in [2.45, 2.75) is 64.5 Å². The maximum atomic E-state index is 11.8. The van der Waals surface area contributed by atoms with Crippen LogP contribution >= 0.6 is 0 Å². The Morgan fingerprint density at radius 1 is 0.710 bits per heavy atom. The first kappa shape index (κ1) is 28.8. The smallest absolute Gasteiger partial charge is 0.322 e. The van der Waals surface area contributed by atoms with E-state index in [1.807, 2.05) is 0 Å². The summed E-state index contributed by atoms with van der Waals surface area (Å²) < 4.78 is 15.4. The predicted octanol–water partition coefficient (Wildman–Crippen LogP) is -0.161. The molecule has 0 spiro atoms. The zero-order chi connectivity index (χ0) is 23.5. The van der Waals surface area contributed by atoms with Crippen molar-refractivity contribution >= 4 is 23.6 Å². The minimum Gasteiger partial charge on any atom is -0.462 e. The van der Waals surface area contributed by atoms with Gasteiger partial charge < -0.3 is 37.1 Å². The molecule has 0 aromatic carbocycles. The summed E-state index contributed by atoms with van der Waals surface area (Å²) in [5, 5.41) is 0. The van der Waals surface area contributed by atoms with Gasteiger partial charge in [0.1, 0.15) is 25.3 Å². The largest absolute Gasteiger partial charge is 0.462 e. The van der Waals surface area contributed by atoms with Gasteiger partial charge in [-0.2, -0.15) is 0 Å². The van der Waals surface area contributed by atoms with Crippen LogP contribution in [0.2, 0.25) is 0 Å². The van der Waals surface area contributed by atoms with Gasteiger partial charge >= 0.3 is 11.9 Å². The van der Waals surface area contributed by atoms with Crippen LogP contribution in [0.3, 0.4) is 0 Å². The van der Waals surface area contributed by atoms with E-state index in [9.17, 15) is 9.59 Å². The van der Waals surface area contributed by atoms with E-state index in [1.165, 1.54) is 0 Å². The number of unbranched alkanes of at least 4 members (excludes halogenated alkanes) is 2. The van der Waals surface area contributed by atoms with Gasteiger partial charge in [0.15, 0.2) is 0 Å². The molecule has 11 heteroatoms. The number of ether oxygens (including phenoxy) is 3. The van der Waals surface area contributed by atoms with Crippen LogP contribution in [0.5, 0.6) is 0 Å². The van der Waals surface area contributed by atoms with Gasteiger partial charge in [0.25, 0.3) is 0 Å². The molecular weight excluding hydrogens is 404 g/mol. The highest BCUT2D eigenvalue weighted by molar-refractivity contribution is 5.77. The van der Waals surface area contributed by atoms with Crippen molar-refractivity contribution < 1.29 is 23.8 Å². The SMILES string of the molecule is CC(N)=NCCCCC(N)C(=O)OCCOCCOC(=O)C(N)CCCCN=C(C)N. The van der Waals surface area contributed by atoms with Crippen molar-refractivity contribution in [2.75, 3.05) is 39.5 Å². The zero-order valence-electron chi connectivity index (χ0n) is 18.9. The van der Waals surface area contributed by atoms with E-state index >= 15 is 0 Å². The van der Waals surface area contributed by atoms with Gasteiger partial charge in [-0.1, -0.05) is 0 Å². The van der Waals surface area contributed by atoms with Crippen LogP contribution in [-0.2, 0) is 23.8 Å². The maximum absolute atomic E-state index is 11.8. The highest BCUT2D eigenvalue weighted by Gasteiger charge is 2.15. The van der Waals surface area contributed by atoms with Crippen molar-refractivity contribution in [3.63, 3.8) is 0 Å². The van der Waals surface area contributed by atoms with Crippen molar-refractivity contribution in [3.05, 3.63) is 0 Å². The fourth-order valence-electron chi connectivity index (χ4n) is 2.42. The van der Waals surface area contributed by atoms with Crippen LogP contribution in [0.15, 0.2) is 9.98 Å². The number of rotatable bonds is 18. The lowest BCUT2D eigenvalue weighted by molar-refractivity contribution is -0.148. The maximum Gasteiger partial charge on any atom is 0.322 e. The fourth-order valence-corrected chi connectivity index (χ4v) is 2.42. The van der Waals surface area contributed by atoms with E-state index < -0.39 is 24.0 Å². The number of hydrogen-bond donors (Lipinski definition) is 4. The summed E-state index contributed by atoms with van der Waals surface area (Å²) in [5.74, 6) is 0.153. The minimum absolute atomic E-state index is 0.0847. The average molecular weight is 445 g/mol. The van der Waals surface area contributed by atoms with E-state index in [4.69, 9.17) is 37.1 Å². The molecular formula is C20H40N6O5. The van der Waals surface area contributed by atoms with Gasteiger partial charge in [-0.3, -0.25) is 19.6 Å².